The predicted molar refractivity (Wildman–Crippen MR) is 90.5 cm³/mol. The van der Waals surface area contributed by atoms with Crippen molar-refractivity contribution >= 4 is 51.9 Å². The Labute approximate surface area is 138 Å². The number of halogens is 2. The van der Waals surface area contributed by atoms with Gasteiger partial charge >= 0.3 is 0 Å². The zero-order valence-corrected chi connectivity index (χ0v) is 13.5. The molecule has 0 aromatic heterocycles. The molecule has 0 spiro atoms. The molecule has 3 N–H and O–H groups in total. The number of anilines is 2. The van der Waals surface area contributed by atoms with Crippen LogP contribution in [0.4, 0.5) is 22.7 Å². The molecule has 0 heterocycles. The van der Waals surface area contributed by atoms with E-state index in [9.17, 15) is 4.79 Å². The standard InChI is InChI=1S/C15H14Cl2N4O/c1-8-5-10(18)3-4-14(8)21-20-11-6-12(16)15(13(17)7-11)19-9(2)22/h3-7H,18H2,1-2H3,(H,19,22). The highest BCUT2D eigenvalue weighted by Crippen LogP contribution is 2.35. The molecule has 0 bridgehead atoms. The molecule has 22 heavy (non-hydrogen) atoms. The summed E-state index contributed by atoms with van der Waals surface area (Å²) in [6.45, 7) is 3.27. The van der Waals surface area contributed by atoms with Crippen molar-refractivity contribution in [3.05, 3.63) is 45.9 Å². The molecule has 0 aliphatic heterocycles. The van der Waals surface area contributed by atoms with Crippen molar-refractivity contribution in [3.8, 4) is 0 Å². The fraction of sp³-hybridized carbons (Fsp3) is 0.133. The van der Waals surface area contributed by atoms with Gasteiger partial charge in [0.1, 0.15) is 0 Å². The second kappa shape index (κ2) is 6.77. The highest BCUT2D eigenvalue weighted by molar-refractivity contribution is 6.40. The highest BCUT2D eigenvalue weighted by Gasteiger charge is 2.09. The van der Waals surface area contributed by atoms with Crippen LogP contribution in [0.1, 0.15) is 12.5 Å². The number of nitrogens with zero attached hydrogens (tertiary/aromatic N) is 2. The molecule has 0 unspecified atom stereocenters. The van der Waals surface area contributed by atoms with Gasteiger partial charge in [0.05, 0.1) is 27.1 Å². The molecule has 2 aromatic carbocycles. The van der Waals surface area contributed by atoms with E-state index in [4.69, 9.17) is 28.9 Å². The van der Waals surface area contributed by atoms with Crippen LogP contribution in [0.15, 0.2) is 40.6 Å². The number of carbonyl (C=O) groups excluding carboxylic acids is 1. The molecule has 2 aromatic rings. The maximum Gasteiger partial charge on any atom is 0.221 e. The fourth-order valence-electron chi connectivity index (χ4n) is 1.82. The number of nitrogens with one attached hydrogen (secondary N) is 1. The average Bonchev–Trinajstić information content (AvgIpc) is 2.41. The number of azo groups is 1. The van der Waals surface area contributed by atoms with Crippen LogP contribution in [0.2, 0.25) is 10.0 Å². The molecule has 0 radical (unpaired) electrons. The summed E-state index contributed by atoms with van der Waals surface area (Å²) < 4.78 is 0. The van der Waals surface area contributed by atoms with Gasteiger partial charge in [-0.2, -0.15) is 10.2 Å². The SMILES string of the molecule is CC(=O)Nc1c(Cl)cc(N=Nc2ccc(N)cc2C)cc1Cl. The van der Waals surface area contributed by atoms with E-state index in [1.54, 1.807) is 24.3 Å². The van der Waals surface area contributed by atoms with Crippen LogP contribution >= 0.6 is 23.2 Å². The van der Waals surface area contributed by atoms with Gasteiger partial charge in [-0.3, -0.25) is 4.79 Å². The molecule has 0 fully saturated rings. The van der Waals surface area contributed by atoms with Crippen LogP contribution in [0, 0.1) is 6.92 Å². The lowest BCUT2D eigenvalue weighted by molar-refractivity contribution is -0.114. The molecular weight excluding hydrogens is 323 g/mol. The van der Waals surface area contributed by atoms with Crippen molar-refractivity contribution in [2.75, 3.05) is 11.1 Å². The lowest BCUT2D eigenvalue weighted by Crippen LogP contribution is -2.06. The Bertz CT molecular complexity index is 736. The molecule has 7 heteroatoms. The average molecular weight is 337 g/mol. The van der Waals surface area contributed by atoms with Crippen molar-refractivity contribution < 1.29 is 4.79 Å². The van der Waals surface area contributed by atoms with E-state index in [-0.39, 0.29) is 5.91 Å². The van der Waals surface area contributed by atoms with Crippen LogP contribution in [0.25, 0.3) is 0 Å². The third-order valence-corrected chi connectivity index (χ3v) is 3.42. The van der Waals surface area contributed by atoms with Gasteiger partial charge in [-0.25, -0.2) is 0 Å². The first-order valence-electron chi connectivity index (χ1n) is 6.41. The molecule has 5 nitrogen and oxygen atoms in total. The Morgan fingerprint density at radius 2 is 1.77 bits per heavy atom. The van der Waals surface area contributed by atoms with E-state index in [0.29, 0.717) is 32.8 Å². The summed E-state index contributed by atoms with van der Waals surface area (Å²) >= 11 is 12.2. The third kappa shape index (κ3) is 3.96. The van der Waals surface area contributed by atoms with Crippen molar-refractivity contribution in [1.82, 2.24) is 0 Å². The van der Waals surface area contributed by atoms with Gasteiger partial charge in [-0.15, -0.1) is 0 Å². The van der Waals surface area contributed by atoms with Gasteiger partial charge in [-0.1, -0.05) is 23.2 Å². The Morgan fingerprint density at radius 1 is 1.14 bits per heavy atom. The first kappa shape index (κ1) is 16.3. The number of benzene rings is 2. The summed E-state index contributed by atoms with van der Waals surface area (Å²) in [5.74, 6) is -0.254. The molecule has 1 amide bonds. The van der Waals surface area contributed by atoms with Crippen LogP contribution < -0.4 is 11.1 Å². The monoisotopic (exact) mass is 336 g/mol. The predicted octanol–water partition coefficient (Wildman–Crippen LogP) is 5.26. The quantitative estimate of drug-likeness (QED) is 0.592. The van der Waals surface area contributed by atoms with E-state index >= 15 is 0 Å². The van der Waals surface area contributed by atoms with Crippen molar-refractivity contribution in [2.45, 2.75) is 13.8 Å². The van der Waals surface area contributed by atoms with Gasteiger partial charge in [-0.05, 0) is 42.8 Å². The van der Waals surface area contributed by atoms with Gasteiger partial charge in [0, 0.05) is 12.6 Å². The first-order valence-corrected chi connectivity index (χ1v) is 7.17. The number of nitrogen functional groups attached to an aromatic ring is 1. The van der Waals surface area contributed by atoms with Gasteiger partial charge in [0.2, 0.25) is 5.91 Å². The number of hydrogen-bond acceptors (Lipinski definition) is 4. The number of rotatable bonds is 3. The van der Waals surface area contributed by atoms with Crippen LogP contribution in [-0.2, 0) is 4.79 Å². The number of carbonyl (C=O) groups is 1. The number of amides is 1. The largest absolute Gasteiger partial charge is 0.399 e. The third-order valence-electron chi connectivity index (χ3n) is 2.82. The van der Waals surface area contributed by atoms with E-state index in [1.165, 1.54) is 6.92 Å². The minimum atomic E-state index is -0.254. The summed E-state index contributed by atoms with van der Waals surface area (Å²) in [7, 11) is 0. The molecule has 0 saturated heterocycles. The molecule has 2 rings (SSSR count). The Kier molecular flexibility index (Phi) is 5.00. The zero-order chi connectivity index (χ0) is 16.3. The lowest BCUT2D eigenvalue weighted by Gasteiger charge is -2.08. The van der Waals surface area contributed by atoms with Gasteiger partial charge in [0.15, 0.2) is 0 Å². The lowest BCUT2D eigenvalue weighted by atomic mass is 10.2. The smallest absolute Gasteiger partial charge is 0.221 e. The zero-order valence-electron chi connectivity index (χ0n) is 12.0. The summed E-state index contributed by atoms with van der Waals surface area (Å²) in [4.78, 5) is 11.1. The maximum absolute atomic E-state index is 11.1. The normalized spacial score (nSPS) is 10.9. The van der Waals surface area contributed by atoms with Gasteiger partial charge < -0.3 is 11.1 Å². The van der Waals surface area contributed by atoms with E-state index in [2.05, 4.69) is 15.5 Å². The summed E-state index contributed by atoms with van der Waals surface area (Å²) in [5, 5.41) is 11.4. The maximum atomic E-state index is 11.1. The number of hydrogen-bond donors (Lipinski definition) is 2. The molecule has 0 saturated carbocycles. The number of aryl methyl sites for hydroxylation is 1. The summed E-state index contributed by atoms with van der Waals surface area (Å²) in [5.41, 5.74) is 8.82. The number of nitrogens with two attached hydrogens (primary N) is 1. The van der Waals surface area contributed by atoms with Crippen LogP contribution in [0.3, 0.4) is 0 Å². The molecule has 0 aliphatic rings. The summed E-state index contributed by atoms with van der Waals surface area (Å²) in [6, 6.07) is 8.50. The Balaban J connectivity index is 2.30. The van der Waals surface area contributed by atoms with Crippen molar-refractivity contribution in [2.24, 2.45) is 10.2 Å². The van der Waals surface area contributed by atoms with E-state index < -0.39 is 0 Å². The van der Waals surface area contributed by atoms with Gasteiger partial charge in [0.25, 0.3) is 0 Å². The molecular formula is C15H14Cl2N4O. The Morgan fingerprint density at radius 3 is 2.32 bits per heavy atom. The minimum absolute atomic E-state index is 0.254. The molecule has 0 atom stereocenters. The molecule has 0 aliphatic carbocycles. The van der Waals surface area contributed by atoms with Crippen LogP contribution in [-0.4, -0.2) is 5.91 Å². The van der Waals surface area contributed by atoms with E-state index in [1.807, 2.05) is 13.0 Å². The van der Waals surface area contributed by atoms with Crippen molar-refractivity contribution in [1.29, 1.82) is 0 Å². The first-order chi connectivity index (χ1) is 10.4. The minimum Gasteiger partial charge on any atom is -0.399 e. The van der Waals surface area contributed by atoms with Crippen LogP contribution in [0.5, 0.6) is 0 Å². The van der Waals surface area contributed by atoms with Crippen molar-refractivity contribution in [3.63, 3.8) is 0 Å². The topological polar surface area (TPSA) is 79.8 Å². The highest BCUT2D eigenvalue weighted by atomic mass is 35.5. The fourth-order valence-corrected chi connectivity index (χ4v) is 2.39. The second-order valence-electron chi connectivity index (χ2n) is 4.71. The van der Waals surface area contributed by atoms with E-state index in [0.717, 1.165) is 5.56 Å². The molecule has 114 valence electrons. The second-order valence-corrected chi connectivity index (χ2v) is 5.53. The summed E-state index contributed by atoms with van der Waals surface area (Å²) in [6.07, 6.45) is 0. The Hall–Kier alpha value is -2.11.